The van der Waals surface area contributed by atoms with E-state index in [1.54, 1.807) is 18.2 Å². The molecule has 1 amide bonds. The Balaban J connectivity index is 1.55. The van der Waals surface area contributed by atoms with Crippen LogP contribution >= 0.6 is 50.7 Å². The fraction of sp³-hybridized carbons (Fsp3) is 0.235. The van der Waals surface area contributed by atoms with Gasteiger partial charge < -0.3 is 19.9 Å². The zero-order valence-electron chi connectivity index (χ0n) is 23.6. The molecule has 0 fully saturated rings. The van der Waals surface area contributed by atoms with Crippen molar-refractivity contribution in [1.29, 1.82) is 0 Å². The Kier molecular flexibility index (Phi) is 10.9. The number of amides is 1. The summed E-state index contributed by atoms with van der Waals surface area (Å²) in [6, 6.07) is 27.7. The van der Waals surface area contributed by atoms with Crippen molar-refractivity contribution in [3.05, 3.63) is 133 Å². The lowest BCUT2D eigenvalue weighted by atomic mass is 9.82. The summed E-state index contributed by atoms with van der Waals surface area (Å²) in [5.41, 5.74) is 1.74. The Labute approximate surface area is 280 Å². The van der Waals surface area contributed by atoms with Gasteiger partial charge in [-0.3, -0.25) is 4.79 Å². The summed E-state index contributed by atoms with van der Waals surface area (Å²) in [6.45, 7) is 0.815. The van der Waals surface area contributed by atoms with Crippen molar-refractivity contribution in [3.8, 4) is 5.75 Å². The van der Waals surface area contributed by atoms with E-state index in [1.165, 1.54) is 0 Å². The number of aliphatic imine (C=N–C) groups is 1. The Bertz CT molecular complexity index is 1650. The first-order valence-electron chi connectivity index (χ1n) is 14.1. The molecule has 1 heterocycles. The topological polar surface area (TPSA) is 80.2 Å². The zero-order chi connectivity index (χ0) is 31.1. The third-order valence-corrected chi connectivity index (χ3v) is 8.85. The van der Waals surface area contributed by atoms with E-state index < -0.39 is 11.6 Å². The number of hydrogen-bond donors (Lipinski definition) is 2. The van der Waals surface area contributed by atoms with Gasteiger partial charge in [-0.05, 0) is 72.1 Å². The predicted octanol–water partition coefficient (Wildman–Crippen LogP) is 8.03. The fourth-order valence-electron chi connectivity index (χ4n) is 5.07. The number of nitrogens with one attached hydrogen (secondary N) is 1. The van der Waals surface area contributed by atoms with Gasteiger partial charge >= 0.3 is 0 Å². The predicted molar refractivity (Wildman–Crippen MR) is 179 cm³/mol. The lowest BCUT2D eigenvalue weighted by Gasteiger charge is -2.31. The molecule has 2 atom stereocenters. The Hall–Kier alpha value is -3.07. The molecule has 4 aromatic carbocycles. The summed E-state index contributed by atoms with van der Waals surface area (Å²) >= 11 is 22.8. The molecular weight excluding hydrogens is 687 g/mol. The molecular formula is C34H30BrCl3N2O4. The number of rotatable bonds is 12. The van der Waals surface area contributed by atoms with Gasteiger partial charge in [-0.25, -0.2) is 4.99 Å². The molecule has 0 saturated heterocycles. The average Bonchev–Trinajstić information content (AvgIpc) is 3.39. The van der Waals surface area contributed by atoms with Gasteiger partial charge in [0, 0.05) is 56.7 Å². The largest absolute Gasteiger partial charge is 0.494 e. The molecule has 0 unspecified atom stereocenters. The third-order valence-electron chi connectivity index (χ3n) is 7.28. The summed E-state index contributed by atoms with van der Waals surface area (Å²) < 4.78 is 13.1. The van der Waals surface area contributed by atoms with Gasteiger partial charge in [0.05, 0.1) is 6.61 Å². The minimum absolute atomic E-state index is 0.0537. The number of benzene rings is 4. The highest BCUT2D eigenvalue weighted by Gasteiger charge is 2.54. The number of carbonyl (C=O) groups is 1. The second-order valence-corrected chi connectivity index (χ2v) is 12.5. The van der Waals surface area contributed by atoms with Crippen LogP contribution in [-0.4, -0.2) is 42.2 Å². The van der Waals surface area contributed by atoms with E-state index in [2.05, 4.69) is 21.2 Å². The van der Waals surface area contributed by atoms with Crippen LogP contribution in [0.1, 0.15) is 34.8 Å². The number of nitrogens with zero attached hydrogens (tertiary/aromatic N) is 1. The number of halogens is 4. The number of hydrogen-bond acceptors (Lipinski definition) is 5. The van der Waals surface area contributed by atoms with Crippen LogP contribution < -0.4 is 10.1 Å². The molecule has 0 radical (unpaired) electrons. The van der Waals surface area contributed by atoms with Crippen LogP contribution in [0.25, 0.3) is 0 Å². The maximum atomic E-state index is 14.4. The van der Waals surface area contributed by atoms with Crippen LogP contribution in [0.2, 0.25) is 15.1 Å². The minimum atomic E-state index is -1.42. The average molecular weight is 717 g/mol. The highest BCUT2D eigenvalue weighted by atomic mass is 79.9. The normalized spacial score (nSPS) is 17.6. The molecule has 10 heteroatoms. The zero-order valence-corrected chi connectivity index (χ0v) is 27.5. The summed E-state index contributed by atoms with van der Waals surface area (Å²) in [6.07, 6.45) is 0.484. The van der Waals surface area contributed by atoms with Gasteiger partial charge in [0.15, 0.2) is 11.6 Å². The lowest BCUT2D eigenvalue weighted by molar-refractivity contribution is -0.128. The van der Waals surface area contributed by atoms with E-state index in [9.17, 15) is 4.79 Å². The van der Waals surface area contributed by atoms with E-state index in [0.29, 0.717) is 63.8 Å². The molecule has 44 heavy (non-hydrogen) atoms. The first-order chi connectivity index (χ1) is 21.3. The number of aliphatic hydroxyl groups excluding tert-OH is 1. The quantitative estimate of drug-likeness (QED) is 0.146. The monoisotopic (exact) mass is 714 g/mol. The van der Waals surface area contributed by atoms with Crippen molar-refractivity contribution in [2.75, 3.05) is 19.8 Å². The molecule has 6 nitrogen and oxygen atoms in total. The number of carbonyl (C=O) groups excluding carboxylic acids is 1. The molecule has 228 valence electrons. The van der Waals surface area contributed by atoms with Crippen LogP contribution in [0.4, 0.5) is 0 Å². The smallest absolute Gasteiger partial charge is 0.252 e. The maximum absolute atomic E-state index is 14.4. The highest BCUT2D eigenvalue weighted by molar-refractivity contribution is 9.10. The molecule has 0 aliphatic carbocycles. The van der Waals surface area contributed by atoms with E-state index >= 15 is 0 Å². The van der Waals surface area contributed by atoms with Gasteiger partial charge in [-0.1, -0.05) is 87.1 Å². The van der Waals surface area contributed by atoms with Gasteiger partial charge in [0.25, 0.3) is 5.91 Å². The molecule has 4 aromatic rings. The van der Waals surface area contributed by atoms with Gasteiger partial charge in [0.1, 0.15) is 5.75 Å². The fourth-order valence-corrected chi connectivity index (χ4v) is 6.22. The van der Waals surface area contributed by atoms with Gasteiger partial charge in [-0.2, -0.15) is 0 Å². The van der Waals surface area contributed by atoms with Gasteiger partial charge in [-0.15, -0.1) is 0 Å². The number of aliphatic hydroxyl groups is 1. The maximum Gasteiger partial charge on any atom is 0.252 e. The molecule has 0 saturated carbocycles. The molecule has 0 bridgehead atoms. The lowest BCUT2D eigenvalue weighted by Crippen LogP contribution is -2.50. The first kappa shape index (κ1) is 32.3. The number of ether oxygens (including phenoxy) is 2. The van der Waals surface area contributed by atoms with Crippen molar-refractivity contribution in [1.82, 2.24) is 5.32 Å². The minimum Gasteiger partial charge on any atom is -0.494 e. The Morgan fingerprint density at radius 1 is 0.977 bits per heavy atom. The Morgan fingerprint density at radius 2 is 1.75 bits per heavy atom. The van der Waals surface area contributed by atoms with Crippen LogP contribution in [-0.2, 0) is 22.4 Å². The molecule has 1 aliphatic rings. The standard InChI is InChI=1S/C34H30BrCl3N2O4/c35-29-8-2-1-6-24(29)21-34(33(42)39-16-15-22-5-3-7-25(36)19-22)31(28-14-11-26(37)20-30(28)38)44-32(40-34)23-9-12-27(13-10-23)43-18-4-17-41/h1-3,5-14,19-20,31,41H,4,15-18,21H2,(H,39,42)/t31-,34-/m1/s1. The molecule has 0 aromatic heterocycles. The summed E-state index contributed by atoms with van der Waals surface area (Å²) in [5, 5.41) is 13.7. The van der Waals surface area contributed by atoms with Crippen molar-refractivity contribution < 1.29 is 19.4 Å². The summed E-state index contributed by atoms with van der Waals surface area (Å²) in [5.74, 6) is 0.654. The second-order valence-electron chi connectivity index (χ2n) is 10.4. The van der Waals surface area contributed by atoms with Crippen molar-refractivity contribution >= 4 is 62.5 Å². The van der Waals surface area contributed by atoms with Crippen LogP contribution in [0.15, 0.2) is 100 Å². The first-order valence-corrected chi connectivity index (χ1v) is 16.0. The van der Waals surface area contributed by atoms with E-state index in [1.807, 2.05) is 72.8 Å². The molecule has 5 rings (SSSR count). The molecule has 1 aliphatic heterocycles. The molecule has 2 N–H and O–H groups in total. The van der Waals surface area contributed by atoms with Crippen molar-refractivity contribution in [3.63, 3.8) is 0 Å². The van der Waals surface area contributed by atoms with Crippen molar-refractivity contribution in [2.24, 2.45) is 4.99 Å². The SMILES string of the molecule is O=C(NCCc1cccc(Cl)c1)[C@]1(Cc2ccccc2Br)N=C(c2ccc(OCCCO)cc2)O[C@@H]1c1ccc(Cl)cc1Cl. The second kappa shape index (κ2) is 14.8. The van der Waals surface area contributed by atoms with E-state index in [0.717, 1.165) is 15.6 Å². The van der Waals surface area contributed by atoms with E-state index in [-0.39, 0.29) is 18.9 Å². The van der Waals surface area contributed by atoms with Crippen LogP contribution in [0, 0.1) is 0 Å². The summed E-state index contributed by atoms with van der Waals surface area (Å²) in [7, 11) is 0. The van der Waals surface area contributed by atoms with E-state index in [4.69, 9.17) is 54.4 Å². The highest BCUT2D eigenvalue weighted by Crippen LogP contribution is 2.45. The van der Waals surface area contributed by atoms with Crippen LogP contribution in [0.3, 0.4) is 0 Å². The summed E-state index contributed by atoms with van der Waals surface area (Å²) in [4.78, 5) is 19.5. The molecule has 0 spiro atoms. The third kappa shape index (κ3) is 7.59. The van der Waals surface area contributed by atoms with Gasteiger partial charge in [0.2, 0.25) is 5.90 Å². The Morgan fingerprint density at radius 3 is 2.48 bits per heavy atom. The van der Waals surface area contributed by atoms with Crippen molar-refractivity contribution in [2.45, 2.75) is 30.9 Å². The van der Waals surface area contributed by atoms with Crippen LogP contribution in [0.5, 0.6) is 5.75 Å².